The van der Waals surface area contributed by atoms with Crippen LogP contribution in [0.5, 0.6) is 5.75 Å². The number of methoxy groups -OCH3 is 1. The van der Waals surface area contributed by atoms with E-state index in [9.17, 15) is 0 Å². The fraction of sp³-hybridized carbons (Fsp3) is 0.700. The molecule has 4 rings (SSSR count). The van der Waals surface area contributed by atoms with Crippen molar-refractivity contribution in [2.75, 3.05) is 49.8 Å². The maximum atomic E-state index is 6.32. The summed E-state index contributed by atoms with van der Waals surface area (Å²) < 4.78 is 5.27. The van der Waals surface area contributed by atoms with Crippen molar-refractivity contribution in [3.05, 3.63) is 23.2 Å². The second-order valence-corrected chi connectivity index (χ2v) is 9.64. The van der Waals surface area contributed by atoms with Gasteiger partial charge in [-0.1, -0.05) is 78.8 Å². The van der Waals surface area contributed by atoms with E-state index in [1.807, 2.05) is 59.7 Å². The van der Waals surface area contributed by atoms with Gasteiger partial charge in [-0.05, 0) is 64.0 Å². The molecule has 1 aliphatic heterocycles. The van der Waals surface area contributed by atoms with Crippen LogP contribution in [0, 0.1) is 0 Å². The number of hydrogen-bond donors (Lipinski definition) is 2. The van der Waals surface area contributed by atoms with E-state index in [-0.39, 0.29) is 0 Å². The lowest BCUT2D eigenvalue weighted by Crippen LogP contribution is -2.42. The standard InChI is InChI=1S/C24H36ClN7O.3C2H6/c1-31-14-12-19(13-15-31)32(2)24-29-22(26-17-8-6-4-5-7-9-17)28-23(30-24)27-18-10-11-21(33-3)20(25)16-18;3*1-2/h10-11,16-17,19H,4-9,12-15H2,1-3H3,(H2,26,27,28,29,30);3*1-2H3. The number of halogens is 1. The zero-order chi connectivity index (χ0) is 29.2. The van der Waals surface area contributed by atoms with Crippen LogP contribution in [0.4, 0.5) is 23.5 Å². The highest BCUT2D eigenvalue weighted by Crippen LogP contribution is 2.29. The van der Waals surface area contributed by atoms with Gasteiger partial charge in [-0.3, -0.25) is 0 Å². The molecule has 222 valence electrons. The lowest BCUT2D eigenvalue weighted by molar-refractivity contribution is 0.252. The van der Waals surface area contributed by atoms with Crippen LogP contribution in [0.3, 0.4) is 0 Å². The number of piperidine rings is 1. The molecule has 1 saturated carbocycles. The molecule has 1 saturated heterocycles. The number of nitrogens with one attached hydrogen (secondary N) is 2. The molecule has 2 aromatic rings. The lowest BCUT2D eigenvalue weighted by atomic mass is 10.0. The minimum Gasteiger partial charge on any atom is -0.495 e. The zero-order valence-electron chi connectivity index (χ0n) is 26.0. The highest BCUT2D eigenvalue weighted by atomic mass is 35.5. The molecule has 0 radical (unpaired) electrons. The maximum absolute atomic E-state index is 6.32. The molecule has 1 aliphatic carbocycles. The summed E-state index contributed by atoms with van der Waals surface area (Å²) in [6, 6.07) is 6.38. The first kappa shape index (κ1) is 34.7. The minimum atomic E-state index is 0.402. The van der Waals surface area contributed by atoms with Gasteiger partial charge in [-0.15, -0.1) is 0 Å². The largest absolute Gasteiger partial charge is 0.495 e. The Labute approximate surface area is 243 Å². The molecule has 0 spiro atoms. The Morgan fingerprint density at radius 2 is 1.46 bits per heavy atom. The Bertz CT molecular complexity index is 914. The van der Waals surface area contributed by atoms with E-state index < -0.39 is 0 Å². The molecule has 0 atom stereocenters. The molecule has 2 aliphatic rings. The summed E-state index contributed by atoms with van der Waals surface area (Å²) in [7, 11) is 5.88. The first-order valence-corrected chi connectivity index (χ1v) is 15.4. The molecule has 8 nitrogen and oxygen atoms in total. The molecule has 2 N–H and O–H groups in total. The summed E-state index contributed by atoms with van der Waals surface area (Å²) in [4.78, 5) is 18.9. The Balaban J connectivity index is 0.00000119. The van der Waals surface area contributed by atoms with Gasteiger partial charge in [0.05, 0.1) is 12.1 Å². The summed E-state index contributed by atoms with van der Waals surface area (Å²) in [5.41, 5.74) is 0.806. The molecular weight excluding hydrogens is 510 g/mol. The predicted molar refractivity (Wildman–Crippen MR) is 169 cm³/mol. The summed E-state index contributed by atoms with van der Waals surface area (Å²) in [6.07, 6.45) is 9.63. The zero-order valence-corrected chi connectivity index (χ0v) is 26.7. The van der Waals surface area contributed by atoms with Gasteiger partial charge in [0.2, 0.25) is 17.8 Å². The smallest absolute Gasteiger partial charge is 0.233 e. The van der Waals surface area contributed by atoms with Gasteiger partial charge in [-0.25, -0.2) is 0 Å². The Hall–Kier alpha value is -2.32. The molecular formula is C30H54ClN7O. The number of aromatic nitrogens is 3. The van der Waals surface area contributed by atoms with E-state index in [0.29, 0.717) is 40.7 Å². The molecule has 9 heteroatoms. The molecule has 1 aromatic heterocycles. The second kappa shape index (κ2) is 19.7. The lowest BCUT2D eigenvalue weighted by Gasteiger charge is -2.35. The Morgan fingerprint density at radius 1 is 0.872 bits per heavy atom. The highest BCUT2D eigenvalue weighted by molar-refractivity contribution is 6.32. The fourth-order valence-corrected chi connectivity index (χ4v) is 4.93. The monoisotopic (exact) mass is 563 g/mol. The maximum Gasteiger partial charge on any atom is 0.233 e. The molecule has 2 fully saturated rings. The van der Waals surface area contributed by atoms with Crippen LogP contribution in [-0.2, 0) is 0 Å². The summed E-state index contributed by atoms with van der Waals surface area (Å²) in [5, 5.41) is 7.45. The highest BCUT2D eigenvalue weighted by Gasteiger charge is 2.24. The van der Waals surface area contributed by atoms with Gasteiger partial charge in [0.25, 0.3) is 0 Å². The van der Waals surface area contributed by atoms with E-state index in [2.05, 4.69) is 34.5 Å². The van der Waals surface area contributed by atoms with Gasteiger partial charge in [0.1, 0.15) is 5.75 Å². The third-order valence-electron chi connectivity index (χ3n) is 6.77. The van der Waals surface area contributed by atoms with Crippen LogP contribution < -0.4 is 20.3 Å². The molecule has 0 amide bonds. The SMILES string of the molecule is CC.CC.CC.COc1ccc(Nc2nc(NC3CCCCCC3)nc(N(C)C3CCN(C)CC3)n2)cc1Cl. The van der Waals surface area contributed by atoms with Crippen LogP contribution >= 0.6 is 11.6 Å². The van der Waals surface area contributed by atoms with Crippen LogP contribution in [0.25, 0.3) is 0 Å². The number of rotatable bonds is 7. The molecule has 0 bridgehead atoms. The number of hydrogen-bond acceptors (Lipinski definition) is 8. The van der Waals surface area contributed by atoms with Crippen molar-refractivity contribution in [3.63, 3.8) is 0 Å². The number of nitrogens with zero attached hydrogens (tertiary/aromatic N) is 5. The molecule has 0 unspecified atom stereocenters. The van der Waals surface area contributed by atoms with Gasteiger partial charge in [0, 0.05) is 24.8 Å². The third-order valence-corrected chi connectivity index (χ3v) is 7.07. The fourth-order valence-electron chi connectivity index (χ4n) is 4.67. The van der Waals surface area contributed by atoms with Crippen molar-refractivity contribution >= 4 is 35.1 Å². The Morgan fingerprint density at radius 3 is 2.03 bits per heavy atom. The van der Waals surface area contributed by atoms with Crippen LogP contribution in [0.2, 0.25) is 5.02 Å². The van der Waals surface area contributed by atoms with Crippen LogP contribution in [0.1, 0.15) is 92.9 Å². The van der Waals surface area contributed by atoms with Gasteiger partial charge in [0.15, 0.2) is 0 Å². The number of likely N-dealkylation sites (tertiary alicyclic amines) is 1. The van der Waals surface area contributed by atoms with Gasteiger partial charge in [-0.2, -0.15) is 15.0 Å². The minimum absolute atomic E-state index is 0.402. The van der Waals surface area contributed by atoms with Crippen molar-refractivity contribution in [2.45, 2.75) is 105 Å². The summed E-state index contributed by atoms with van der Waals surface area (Å²) >= 11 is 6.32. The van der Waals surface area contributed by atoms with Crippen molar-refractivity contribution < 1.29 is 4.74 Å². The molecule has 2 heterocycles. The topological polar surface area (TPSA) is 78.4 Å². The van der Waals surface area contributed by atoms with Crippen molar-refractivity contribution in [2.24, 2.45) is 0 Å². The Kier molecular flexibility index (Phi) is 17.5. The number of benzene rings is 1. The molecule has 1 aromatic carbocycles. The van der Waals surface area contributed by atoms with Gasteiger partial charge >= 0.3 is 0 Å². The van der Waals surface area contributed by atoms with Crippen molar-refractivity contribution in [1.29, 1.82) is 0 Å². The van der Waals surface area contributed by atoms with Gasteiger partial charge < -0.3 is 25.2 Å². The number of ether oxygens (including phenoxy) is 1. The average Bonchev–Trinajstić information content (AvgIpc) is 3.25. The van der Waals surface area contributed by atoms with E-state index >= 15 is 0 Å². The predicted octanol–water partition coefficient (Wildman–Crippen LogP) is 8.02. The first-order chi connectivity index (χ1) is 19.0. The van der Waals surface area contributed by atoms with E-state index in [1.165, 1.54) is 25.7 Å². The quantitative estimate of drug-likeness (QED) is 0.328. The third kappa shape index (κ3) is 11.4. The average molecular weight is 564 g/mol. The summed E-state index contributed by atoms with van der Waals surface area (Å²) in [5.74, 6) is 2.47. The van der Waals surface area contributed by atoms with E-state index in [0.717, 1.165) is 44.5 Å². The second-order valence-electron chi connectivity index (χ2n) is 9.24. The summed E-state index contributed by atoms with van der Waals surface area (Å²) in [6.45, 7) is 14.2. The number of anilines is 4. The van der Waals surface area contributed by atoms with Crippen LogP contribution in [0.15, 0.2) is 18.2 Å². The first-order valence-electron chi connectivity index (χ1n) is 15.1. The van der Waals surface area contributed by atoms with Crippen LogP contribution in [-0.4, -0.2) is 66.2 Å². The van der Waals surface area contributed by atoms with E-state index in [1.54, 1.807) is 7.11 Å². The van der Waals surface area contributed by atoms with Crippen molar-refractivity contribution in [3.8, 4) is 5.75 Å². The van der Waals surface area contributed by atoms with Crippen molar-refractivity contribution in [1.82, 2.24) is 19.9 Å². The van der Waals surface area contributed by atoms with E-state index in [4.69, 9.17) is 31.3 Å². The molecule has 39 heavy (non-hydrogen) atoms. The normalized spacial score (nSPS) is 16.2.